The standard InChI is InChI=1S/C16H20ClFN2O3/c1-16(2,3)23-15(22)20-7-6-19(14(21)10-20)9-11-4-5-13(18)12(17)8-11/h4-5,8H,6-7,9-10H2,1-3H3. The summed E-state index contributed by atoms with van der Waals surface area (Å²) in [6, 6.07) is 4.37. The van der Waals surface area contributed by atoms with Gasteiger partial charge in [-0.3, -0.25) is 9.69 Å². The van der Waals surface area contributed by atoms with Crippen LogP contribution in [-0.4, -0.2) is 47.0 Å². The zero-order valence-corrected chi connectivity index (χ0v) is 14.2. The van der Waals surface area contributed by atoms with Gasteiger partial charge >= 0.3 is 6.09 Å². The fraction of sp³-hybridized carbons (Fsp3) is 0.500. The molecule has 1 aromatic carbocycles. The average Bonchev–Trinajstić information content (AvgIpc) is 2.43. The van der Waals surface area contributed by atoms with Crippen LogP contribution < -0.4 is 0 Å². The van der Waals surface area contributed by atoms with E-state index in [2.05, 4.69) is 0 Å². The third kappa shape index (κ3) is 4.82. The van der Waals surface area contributed by atoms with Crippen LogP contribution in [0.4, 0.5) is 9.18 Å². The molecule has 23 heavy (non-hydrogen) atoms. The van der Waals surface area contributed by atoms with Crippen molar-refractivity contribution in [3.63, 3.8) is 0 Å². The summed E-state index contributed by atoms with van der Waals surface area (Å²) in [6.07, 6.45) is -0.490. The molecule has 0 N–H and O–H groups in total. The predicted molar refractivity (Wildman–Crippen MR) is 84.6 cm³/mol. The lowest BCUT2D eigenvalue weighted by Gasteiger charge is -2.35. The third-order valence-corrected chi connectivity index (χ3v) is 3.62. The van der Waals surface area contributed by atoms with Gasteiger partial charge in [-0.15, -0.1) is 0 Å². The van der Waals surface area contributed by atoms with Gasteiger partial charge < -0.3 is 9.64 Å². The summed E-state index contributed by atoms with van der Waals surface area (Å²) >= 11 is 5.75. The topological polar surface area (TPSA) is 49.9 Å². The summed E-state index contributed by atoms with van der Waals surface area (Å²) in [6.45, 7) is 6.44. The van der Waals surface area contributed by atoms with Crippen molar-refractivity contribution in [2.24, 2.45) is 0 Å². The molecule has 1 saturated heterocycles. The molecular weight excluding hydrogens is 323 g/mol. The van der Waals surface area contributed by atoms with Crippen LogP contribution in [0, 0.1) is 5.82 Å². The SMILES string of the molecule is CC(C)(C)OC(=O)N1CCN(Cc2ccc(F)c(Cl)c2)C(=O)C1. The summed E-state index contributed by atoms with van der Waals surface area (Å²) in [5.74, 6) is -0.668. The number of halogens is 2. The summed E-state index contributed by atoms with van der Waals surface area (Å²) in [5, 5.41) is 0.0299. The molecule has 1 fully saturated rings. The minimum Gasteiger partial charge on any atom is -0.444 e. The second kappa shape index (κ2) is 6.74. The van der Waals surface area contributed by atoms with Crippen molar-refractivity contribution in [1.82, 2.24) is 9.80 Å². The lowest BCUT2D eigenvalue weighted by molar-refractivity contribution is -0.136. The Kier molecular flexibility index (Phi) is 5.14. The van der Waals surface area contributed by atoms with Gasteiger partial charge in [-0.1, -0.05) is 17.7 Å². The van der Waals surface area contributed by atoms with Crippen molar-refractivity contribution < 1.29 is 18.7 Å². The van der Waals surface area contributed by atoms with Crippen LogP contribution in [0.1, 0.15) is 26.3 Å². The van der Waals surface area contributed by atoms with Gasteiger partial charge in [0.05, 0.1) is 5.02 Å². The highest BCUT2D eigenvalue weighted by Crippen LogP contribution is 2.19. The molecule has 126 valence electrons. The minimum absolute atomic E-state index is 0.0240. The molecule has 0 bridgehead atoms. The largest absolute Gasteiger partial charge is 0.444 e. The molecular formula is C16H20ClFN2O3. The number of amides is 2. The van der Waals surface area contributed by atoms with Crippen LogP contribution in [0.25, 0.3) is 0 Å². The first kappa shape index (κ1) is 17.5. The fourth-order valence-corrected chi connectivity index (χ4v) is 2.42. The van der Waals surface area contributed by atoms with Gasteiger partial charge in [-0.25, -0.2) is 9.18 Å². The summed E-state index contributed by atoms with van der Waals surface area (Å²) in [5.41, 5.74) is 0.151. The Hall–Kier alpha value is -1.82. The Labute approximate surface area is 140 Å². The van der Waals surface area contributed by atoms with E-state index in [0.29, 0.717) is 19.6 Å². The monoisotopic (exact) mass is 342 g/mol. The molecule has 0 saturated carbocycles. The molecule has 0 aliphatic carbocycles. The molecule has 5 nitrogen and oxygen atoms in total. The van der Waals surface area contributed by atoms with Gasteiger partial charge in [0.1, 0.15) is 18.0 Å². The number of nitrogens with zero attached hydrogens (tertiary/aromatic N) is 2. The zero-order chi connectivity index (χ0) is 17.2. The quantitative estimate of drug-likeness (QED) is 0.830. The predicted octanol–water partition coefficient (Wildman–Crippen LogP) is 3.06. The first-order valence-electron chi connectivity index (χ1n) is 7.35. The number of rotatable bonds is 2. The van der Waals surface area contributed by atoms with Crippen molar-refractivity contribution >= 4 is 23.6 Å². The van der Waals surface area contributed by atoms with E-state index < -0.39 is 17.5 Å². The van der Waals surface area contributed by atoms with E-state index >= 15 is 0 Å². The number of piperazine rings is 1. The van der Waals surface area contributed by atoms with Crippen molar-refractivity contribution in [3.8, 4) is 0 Å². The van der Waals surface area contributed by atoms with Crippen LogP contribution >= 0.6 is 11.6 Å². The third-order valence-electron chi connectivity index (χ3n) is 3.33. The van der Waals surface area contributed by atoms with E-state index in [1.165, 1.54) is 17.0 Å². The molecule has 1 aliphatic rings. The highest BCUT2D eigenvalue weighted by molar-refractivity contribution is 6.30. The van der Waals surface area contributed by atoms with E-state index in [9.17, 15) is 14.0 Å². The lowest BCUT2D eigenvalue weighted by Crippen LogP contribution is -2.52. The first-order chi connectivity index (χ1) is 10.7. The van der Waals surface area contributed by atoms with Crippen molar-refractivity contribution in [2.75, 3.05) is 19.6 Å². The Balaban J connectivity index is 1.95. The molecule has 1 aliphatic heterocycles. The van der Waals surface area contributed by atoms with E-state index in [4.69, 9.17) is 16.3 Å². The van der Waals surface area contributed by atoms with E-state index in [1.807, 2.05) is 0 Å². The molecule has 0 unspecified atom stereocenters. The average molecular weight is 343 g/mol. The van der Waals surface area contributed by atoms with E-state index in [1.54, 1.807) is 31.7 Å². The van der Waals surface area contributed by atoms with Gasteiger partial charge in [-0.05, 0) is 38.5 Å². The van der Waals surface area contributed by atoms with Gasteiger partial charge in [0.25, 0.3) is 0 Å². The van der Waals surface area contributed by atoms with Crippen LogP contribution in [0.15, 0.2) is 18.2 Å². The first-order valence-corrected chi connectivity index (χ1v) is 7.73. The number of benzene rings is 1. The van der Waals surface area contributed by atoms with Crippen molar-refractivity contribution in [3.05, 3.63) is 34.6 Å². The Bertz CT molecular complexity index is 616. The molecule has 0 aromatic heterocycles. The Morgan fingerprint density at radius 2 is 2.04 bits per heavy atom. The Morgan fingerprint density at radius 1 is 1.35 bits per heavy atom. The minimum atomic E-state index is -0.595. The molecule has 0 radical (unpaired) electrons. The number of ether oxygens (including phenoxy) is 1. The molecule has 0 atom stereocenters. The van der Waals surface area contributed by atoms with Gasteiger partial charge in [0.15, 0.2) is 0 Å². The molecule has 0 spiro atoms. The van der Waals surface area contributed by atoms with Gasteiger partial charge in [-0.2, -0.15) is 0 Å². The number of carbonyl (C=O) groups excluding carboxylic acids is 2. The highest BCUT2D eigenvalue weighted by atomic mass is 35.5. The molecule has 1 heterocycles. The number of hydrogen-bond donors (Lipinski definition) is 0. The maximum Gasteiger partial charge on any atom is 0.410 e. The summed E-state index contributed by atoms with van der Waals surface area (Å²) in [4.78, 5) is 27.2. The van der Waals surface area contributed by atoms with Crippen molar-refractivity contribution in [1.29, 1.82) is 0 Å². The Morgan fingerprint density at radius 3 is 2.61 bits per heavy atom. The highest BCUT2D eigenvalue weighted by Gasteiger charge is 2.30. The number of carbonyl (C=O) groups is 2. The zero-order valence-electron chi connectivity index (χ0n) is 13.4. The second-order valence-corrected chi connectivity index (χ2v) is 6.87. The maximum absolute atomic E-state index is 13.2. The summed E-state index contributed by atoms with van der Waals surface area (Å²) in [7, 11) is 0. The van der Waals surface area contributed by atoms with Crippen LogP contribution in [0.3, 0.4) is 0 Å². The van der Waals surface area contributed by atoms with Gasteiger partial charge in [0.2, 0.25) is 5.91 Å². The smallest absolute Gasteiger partial charge is 0.410 e. The van der Waals surface area contributed by atoms with Crippen LogP contribution in [-0.2, 0) is 16.1 Å². The lowest BCUT2D eigenvalue weighted by atomic mass is 10.2. The van der Waals surface area contributed by atoms with Gasteiger partial charge in [0, 0.05) is 19.6 Å². The van der Waals surface area contributed by atoms with E-state index in [0.717, 1.165) is 5.56 Å². The normalized spacial score (nSPS) is 15.8. The second-order valence-electron chi connectivity index (χ2n) is 6.47. The van der Waals surface area contributed by atoms with Crippen LogP contribution in [0.5, 0.6) is 0 Å². The molecule has 2 amide bonds. The number of hydrogen-bond acceptors (Lipinski definition) is 3. The molecule has 7 heteroatoms. The van der Waals surface area contributed by atoms with E-state index in [-0.39, 0.29) is 17.5 Å². The van der Waals surface area contributed by atoms with Crippen LogP contribution in [0.2, 0.25) is 5.02 Å². The summed E-state index contributed by atoms with van der Waals surface area (Å²) < 4.78 is 18.4. The molecule has 1 aromatic rings. The van der Waals surface area contributed by atoms with Crippen molar-refractivity contribution in [2.45, 2.75) is 32.9 Å². The molecule has 2 rings (SSSR count). The maximum atomic E-state index is 13.2. The fourth-order valence-electron chi connectivity index (χ4n) is 2.22.